The van der Waals surface area contributed by atoms with E-state index in [1.54, 1.807) is 14.2 Å². The quantitative estimate of drug-likeness (QED) is 0.731. The van der Waals surface area contributed by atoms with E-state index in [2.05, 4.69) is 17.1 Å². The van der Waals surface area contributed by atoms with Gasteiger partial charge in [-0.05, 0) is 26.6 Å². The van der Waals surface area contributed by atoms with Crippen molar-refractivity contribution in [2.24, 2.45) is 0 Å². The maximum Gasteiger partial charge on any atom is 0.332 e. The number of benzene rings is 1. The van der Waals surface area contributed by atoms with Gasteiger partial charge in [0, 0.05) is 19.7 Å². The zero-order chi connectivity index (χ0) is 15.9. The van der Waals surface area contributed by atoms with Crippen LogP contribution < -0.4 is 5.32 Å². The third-order valence-electron chi connectivity index (χ3n) is 3.87. The van der Waals surface area contributed by atoms with Gasteiger partial charge in [0.05, 0.1) is 13.7 Å². The van der Waals surface area contributed by atoms with Gasteiger partial charge < -0.3 is 14.8 Å². The van der Waals surface area contributed by atoms with Crippen LogP contribution in [0, 0.1) is 0 Å². The Morgan fingerprint density at radius 2 is 1.95 bits per heavy atom. The van der Waals surface area contributed by atoms with Crippen molar-refractivity contribution in [1.82, 2.24) is 10.2 Å². The molecular formula is C16H26N2O3. The molecule has 118 valence electrons. The van der Waals surface area contributed by atoms with E-state index >= 15 is 0 Å². The van der Waals surface area contributed by atoms with E-state index in [1.165, 1.54) is 7.11 Å². The van der Waals surface area contributed by atoms with Crippen LogP contribution in [-0.4, -0.2) is 58.4 Å². The highest BCUT2D eigenvalue weighted by Crippen LogP contribution is 2.24. The van der Waals surface area contributed by atoms with Crippen molar-refractivity contribution in [2.45, 2.75) is 18.5 Å². The van der Waals surface area contributed by atoms with Crippen molar-refractivity contribution in [3.8, 4) is 0 Å². The molecule has 0 amide bonds. The van der Waals surface area contributed by atoms with Gasteiger partial charge in [0.25, 0.3) is 0 Å². The van der Waals surface area contributed by atoms with Crippen LogP contribution in [0.2, 0.25) is 0 Å². The first-order valence-corrected chi connectivity index (χ1v) is 7.03. The Kier molecular flexibility index (Phi) is 6.81. The van der Waals surface area contributed by atoms with Crippen molar-refractivity contribution in [3.63, 3.8) is 0 Å². The summed E-state index contributed by atoms with van der Waals surface area (Å²) in [6, 6.07) is 9.82. The first-order valence-electron chi connectivity index (χ1n) is 7.03. The number of carbonyl (C=O) groups excluding carboxylic acids is 1. The average molecular weight is 294 g/mol. The van der Waals surface area contributed by atoms with Crippen molar-refractivity contribution in [3.05, 3.63) is 35.9 Å². The van der Waals surface area contributed by atoms with Gasteiger partial charge in [0.15, 0.2) is 5.54 Å². The van der Waals surface area contributed by atoms with Crippen molar-refractivity contribution in [2.75, 3.05) is 41.5 Å². The normalized spacial score (nSPS) is 15.5. The lowest BCUT2D eigenvalue weighted by Gasteiger charge is -2.37. The molecule has 1 aromatic carbocycles. The highest BCUT2D eigenvalue weighted by Gasteiger charge is 2.41. The van der Waals surface area contributed by atoms with Gasteiger partial charge in [-0.15, -0.1) is 0 Å². The van der Waals surface area contributed by atoms with Gasteiger partial charge in [0.2, 0.25) is 0 Å². The summed E-state index contributed by atoms with van der Waals surface area (Å²) >= 11 is 0. The van der Waals surface area contributed by atoms with Crippen LogP contribution in [-0.2, 0) is 19.8 Å². The van der Waals surface area contributed by atoms with Gasteiger partial charge in [0.1, 0.15) is 0 Å². The number of carbonyl (C=O) groups is 1. The second-order valence-electron chi connectivity index (χ2n) is 5.23. The summed E-state index contributed by atoms with van der Waals surface area (Å²) in [6.07, 6.45) is 0. The van der Waals surface area contributed by atoms with Crippen LogP contribution >= 0.6 is 0 Å². The Bertz CT molecular complexity index is 438. The molecule has 5 heteroatoms. The summed E-state index contributed by atoms with van der Waals surface area (Å²) in [5.74, 6) is -0.298. The number of hydrogen-bond donors (Lipinski definition) is 1. The van der Waals surface area contributed by atoms with E-state index in [1.807, 2.05) is 37.4 Å². The predicted molar refractivity (Wildman–Crippen MR) is 83.2 cm³/mol. The topological polar surface area (TPSA) is 50.8 Å². The Morgan fingerprint density at radius 1 is 1.33 bits per heavy atom. The third-order valence-corrected chi connectivity index (χ3v) is 3.87. The monoisotopic (exact) mass is 294 g/mol. The van der Waals surface area contributed by atoms with Crippen LogP contribution in [0.5, 0.6) is 0 Å². The first-order chi connectivity index (χ1) is 10.0. The van der Waals surface area contributed by atoms with Crippen LogP contribution in [0.15, 0.2) is 30.3 Å². The Morgan fingerprint density at radius 3 is 2.43 bits per heavy atom. The number of hydrogen-bond acceptors (Lipinski definition) is 5. The standard InChI is InChI=1S/C16H26N2O3/c1-13(11-20-4)18(3)12-16(17-2,15(19)21-5)14-9-7-6-8-10-14/h6-10,13,17H,11-12H2,1-5H3. The molecule has 2 atom stereocenters. The summed E-state index contributed by atoms with van der Waals surface area (Å²) in [4.78, 5) is 14.5. The number of methoxy groups -OCH3 is 2. The Labute approximate surface area is 127 Å². The Balaban J connectivity index is 3.11. The number of esters is 1. The van der Waals surface area contributed by atoms with Crippen molar-refractivity contribution < 1.29 is 14.3 Å². The van der Waals surface area contributed by atoms with E-state index in [4.69, 9.17) is 9.47 Å². The number of ether oxygens (including phenoxy) is 2. The van der Waals surface area contributed by atoms with Crippen molar-refractivity contribution >= 4 is 5.97 Å². The maximum atomic E-state index is 12.4. The van der Waals surface area contributed by atoms with Crippen molar-refractivity contribution in [1.29, 1.82) is 0 Å². The molecule has 1 aromatic rings. The molecule has 0 radical (unpaired) electrons. The summed E-state index contributed by atoms with van der Waals surface area (Å²) in [6.45, 7) is 3.16. The molecule has 0 bridgehead atoms. The SMILES string of the molecule is CNC(CN(C)C(C)COC)(C(=O)OC)c1ccccc1. The molecule has 0 aromatic heterocycles. The molecule has 0 saturated heterocycles. The molecular weight excluding hydrogens is 268 g/mol. The highest BCUT2D eigenvalue weighted by molar-refractivity contribution is 5.83. The van der Waals surface area contributed by atoms with E-state index in [0.717, 1.165) is 5.56 Å². The summed E-state index contributed by atoms with van der Waals surface area (Å²) in [5.41, 5.74) is -0.0111. The molecule has 0 aliphatic heterocycles. The molecule has 0 aliphatic rings. The summed E-state index contributed by atoms with van der Waals surface area (Å²) < 4.78 is 10.2. The van der Waals surface area contributed by atoms with Gasteiger partial charge >= 0.3 is 5.97 Å². The Hall–Kier alpha value is -1.43. The second kappa shape index (κ2) is 8.12. The average Bonchev–Trinajstić information content (AvgIpc) is 2.52. The number of nitrogens with zero attached hydrogens (tertiary/aromatic N) is 1. The lowest BCUT2D eigenvalue weighted by Crippen LogP contribution is -2.56. The predicted octanol–water partition coefficient (Wildman–Crippen LogP) is 1.24. The highest BCUT2D eigenvalue weighted by atomic mass is 16.5. The lowest BCUT2D eigenvalue weighted by molar-refractivity contribution is -0.150. The zero-order valence-electron chi connectivity index (χ0n) is 13.6. The zero-order valence-corrected chi connectivity index (χ0v) is 13.6. The lowest BCUT2D eigenvalue weighted by atomic mass is 9.89. The molecule has 0 fully saturated rings. The molecule has 5 nitrogen and oxygen atoms in total. The molecule has 0 heterocycles. The molecule has 0 saturated carbocycles. The second-order valence-corrected chi connectivity index (χ2v) is 5.23. The number of likely N-dealkylation sites (N-methyl/N-ethyl adjacent to an activating group) is 2. The third kappa shape index (κ3) is 4.03. The number of rotatable bonds is 8. The van der Waals surface area contributed by atoms with Gasteiger partial charge in [-0.3, -0.25) is 4.90 Å². The van der Waals surface area contributed by atoms with Gasteiger partial charge in [-0.25, -0.2) is 4.79 Å². The molecule has 0 aliphatic carbocycles. The van der Waals surface area contributed by atoms with E-state index in [-0.39, 0.29) is 12.0 Å². The minimum Gasteiger partial charge on any atom is -0.467 e. The van der Waals surface area contributed by atoms with Crippen LogP contribution in [0.25, 0.3) is 0 Å². The van der Waals surface area contributed by atoms with E-state index in [9.17, 15) is 4.79 Å². The molecule has 2 unspecified atom stereocenters. The number of nitrogens with one attached hydrogen (secondary N) is 1. The van der Waals surface area contributed by atoms with Crippen LogP contribution in [0.4, 0.5) is 0 Å². The fourth-order valence-corrected chi connectivity index (χ4v) is 2.39. The van der Waals surface area contributed by atoms with Crippen LogP contribution in [0.3, 0.4) is 0 Å². The largest absolute Gasteiger partial charge is 0.467 e. The summed E-state index contributed by atoms with van der Waals surface area (Å²) in [5, 5.41) is 3.15. The van der Waals surface area contributed by atoms with Crippen LogP contribution in [0.1, 0.15) is 12.5 Å². The molecule has 21 heavy (non-hydrogen) atoms. The fourth-order valence-electron chi connectivity index (χ4n) is 2.39. The van der Waals surface area contributed by atoms with E-state index in [0.29, 0.717) is 13.2 Å². The first kappa shape index (κ1) is 17.6. The fraction of sp³-hybridized carbons (Fsp3) is 0.562. The molecule has 0 spiro atoms. The molecule has 1 N–H and O–H groups in total. The van der Waals surface area contributed by atoms with Gasteiger partial charge in [-0.2, -0.15) is 0 Å². The smallest absolute Gasteiger partial charge is 0.332 e. The summed E-state index contributed by atoms with van der Waals surface area (Å²) in [7, 11) is 6.84. The molecule has 1 rings (SSSR count). The minimum absolute atomic E-state index is 0.191. The maximum absolute atomic E-state index is 12.4. The van der Waals surface area contributed by atoms with Gasteiger partial charge in [-0.1, -0.05) is 30.3 Å². The van der Waals surface area contributed by atoms with E-state index < -0.39 is 5.54 Å². The minimum atomic E-state index is -0.896.